The Labute approximate surface area is 139 Å². The van der Waals surface area contributed by atoms with Crippen LogP contribution in [0.2, 0.25) is 0 Å². The van der Waals surface area contributed by atoms with Crippen molar-refractivity contribution in [3.05, 3.63) is 11.6 Å². The largest absolute Gasteiger partial charge is 0.393 e. The van der Waals surface area contributed by atoms with Crippen LogP contribution in [-0.4, -0.2) is 68.5 Å². The molecule has 2 aliphatic rings. The lowest BCUT2D eigenvalue weighted by atomic mass is 9.97. The molecule has 6 heteroatoms. The first-order valence-corrected chi connectivity index (χ1v) is 9.18. The van der Waals surface area contributed by atoms with Gasteiger partial charge in [-0.05, 0) is 45.2 Å². The van der Waals surface area contributed by atoms with Gasteiger partial charge in [0.25, 0.3) is 0 Å². The topological polar surface area (TPSA) is 57.4 Å². The van der Waals surface area contributed by atoms with Crippen molar-refractivity contribution < 1.29 is 5.11 Å². The lowest BCUT2D eigenvalue weighted by Gasteiger charge is -2.32. The van der Waals surface area contributed by atoms with Crippen molar-refractivity contribution in [3.8, 4) is 0 Å². The van der Waals surface area contributed by atoms with Crippen molar-refractivity contribution in [1.29, 1.82) is 0 Å². The van der Waals surface area contributed by atoms with Gasteiger partial charge in [-0.1, -0.05) is 6.92 Å². The molecule has 2 aliphatic heterocycles. The molecule has 0 spiro atoms. The fraction of sp³-hybridized carbons (Fsp3) is 0.882. The molecule has 3 heterocycles. The average molecular weight is 321 g/mol. The summed E-state index contributed by atoms with van der Waals surface area (Å²) in [4.78, 5) is 4.94. The number of hydrogen-bond donors (Lipinski definition) is 1. The van der Waals surface area contributed by atoms with Gasteiger partial charge in [-0.15, -0.1) is 10.2 Å². The minimum Gasteiger partial charge on any atom is -0.393 e. The molecular formula is C17H31N5O. The van der Waals surface area contributed by atoms with Gasteiger partial charge in [0.05, 0.1) is 12.6 Å². The van der Waals surface area contributed by atoms with E-state index in [1.807, 2.05) is 0 Å². The van der Waals surface area contributed by atoms with E-state index in [4.69, 9.17) is 0 Å². The summed E-state index contributed by atoms with van der Waals surface area (Å²) in [5.41, 5.74) is 0. The van der Waals surface area contributed by atoms with Gasteiger partial charge < -0.3 is 14.6 Å². The molecule has 0 radical (unpaired) electrons. The maximum Gasteiger partial charge on any atom is 0.146 e. The second kappa shape index (κ2) is 7.73. The van der Waals surface area contributed by atoms with Crippen molar-refractivity contribution in [2.75, 3.05) is 32.7 Å². The van der Waals surface area contributed by atoms with Gasteiger partial charge in [-0.25, -0.2) is 0 Å². The van der Waals surface area contributed by atoms with Crippen LogP contribution in [0.15, 0.2) is 0 Å². The van der Waals surface area contributed by atoms with Crippen LogP contribution in [-0.2, 0) is 13.6 Å². The van der Waals surface area contributed by atoms with Crippen LogP contribution in [0.3, 0.4) is 0 Å². The zero-order valence-electron chi connectivity index (χ0n) is 14.6. The van der Waals surface area contributed by atoms with Gasteiger partial charge in [0.1, 0.15) is 11.6 Å². The Hall–Kier alpha value is -0.980. The maximum atomic E-state index is 9.63. The van der Waals surface area contributed by atoms with Gasteiger partial charge >= 0.3 is 0 Å². The van der Waals surface area contributed by atoms with E-state index in [9.17, 15) is 5.11 Å². The van der Waals surface area contributed by atoms with E-state index in [0.717, 1.165) is 50.7 Å². The quantitative estimate of drug-likeness (QED) is 0.887. The molecule has 0 aliphatic carbocycles. The molecule has 2 saturated heterocycles. The first-order chi connectivity index (χ1) is 11.2. The summed E-state index contributed by atoms with van der Waals surface area (Å²) in [6.45, 7) is 8.55. The van der Waals surface area contributed by atoms with Crippen LogP contribution < -0.4 is 0 Å². The highest BCUT2D eigenvalue weighted by molar-refractivity contribution is 5.04. The normalized spacial score (nSPS) is 25.1. The number of nitrogens with zero attached hydrogens (tertiary/aromatic N) is 5. The Morgan fingerprint density at radius 2 is 1.87 bits per heavy atom. The number of aliphatic hydroxyl groups is 1. The summed E-state index contributed by atoms with van der Waals surface area (Å²) in [5, 5.41) is 18.6. The van der Waals surface area contributed by atoms with Gasteiger partial charge in [-0.2, -0.15) is 0 Å². The van der Waals surface area contributed by atoms with Crippen LogP contribution in [0.25, 0.3) is 0 Å². The lowest BCUT2D eigenvalue weighted by Crippen LogP contribution is -2.36. The third kappa shape index (κ3) is 4.11. The van der Waals surface area contributed by atoms with E-state index in [-0.39, 0.29) is 6.10 Å². The average Bonchev–Trinajstić information content (AvgIpc) is 2.91. The first-order valence-electron chi connectivity index (χ1n) is 9.18. The van der Waals surface area contributed by atoms with E-state index >= 15 is 0 Å². The minimum atomic E-state index is -0.118. The van der Waals surface area contributed by atoms with E-state index in [0.29, 0.717) is 5.92 Å². The van der Waals surface area contributed by atoms with E-state index in [1.165, 1.54) is 32.4 Å². The van der Waals surface area contributed by atoms with Crippen LogP contribution in [0, 0.1) is 0 Å². The summed E-state index contributed by atoms with van der Waals surface area (Å²) in [6.07, 6.45) is 5.34. The summed E-state index contributed by atoms with van der Waals surface area (Å²) >= 11 is 0. The van der Waals surface area contributed by atoms with E-state index < -0.39 is 0 Å². The van der Waals surface area contributed by atoms with E-state index in [2.05, 4.69) is 38.5 Å². The molecule has 2 fully saturated rings. The maximum absolute atomic E-state index is 9.63. The number of aliphatic hydroxyl groups excluding tert-OH is 1. The summed E-state index contributed by atoms with van der Waals surface area (Å²) in [5.74, 6) is 2.73. The number of rotatable bonds is 5. The Balaban J connectivity index is 1.62. The van der Waals surface area contributed by atoms with Crippen molar-refractivity contribution in [2.45, 2.75) is 57.6 Å². The SMILES string of the molecule is CCCN1CCC[C@@H](c2nnc(CN3CCC(O)CC3)n2C)C1. The molecule has 0 unspecified atom stereocenters. The molecule has 1 aromatic heterocycles. The van der Waals surface area contributed by atoms with Crippen LogP contribution >= 0.6 is 0 Å². The highest BCUT2D eigenvalue weighted by atomic mass is 16.3. The molecule has 0 amide bonds. The fourth-order valence-corrected chi connectivity index (χ4v) is 3.93. The highest BCUT2D eigenvalue weighted by Gasteiger charge is 2.26. The molecule has 0 aromatic carbocycles. The molecule has 1 atom stereocenters. The Kier molecular flexibility index (Phi) is 5.67. The number of hydrogen-bond acceptors (Lipinski definition) is 5. The third-order valence-corrected chi connectivity index (χ3v) is 5.33. The molecule has 1 N–H and O–H groups in total. The zero-order chi connectivity index (χ0) is 16.2. The standard InChI is InChI=1S/C17H31N5O/c1-3-8-21-9-4-5-14(12-21)17-19-18-16(20(17)2)13-22-10-6-15(23)7-11-22/h14-15,23H,3-13H2,1-2H3/t14-/m1/s1. The van der Waals surface area contributed by atoms with Crippen LogP contribution in [0.1, 0.15) is 56.6 Å². The van der Waals surface area contributed by atoms with Gasteiger partial charge in [0.15, 0.2) is 0 Å². The predicted molar refractivity (Wildman–Crippen MR) is 90.2 cm³/mol. The molecule has 130 valence electrons. The van der Waals surface area contributed by atoms with Gasteiger partial charge in [0.2, 0.25) is 0 Å². The smallest absolute Gasteiger partial charge is 0.146 e. The monoisotopic (exact) mass is 321 g/mol. The Morgan fingerprint density at radius 3 is 2.61 bits per heavy atom. The number of piperidine rings is 2. The van der Waals surface area contributed by atoms with Crippen molar-refractivity contribution >= 4 is 0 Å². The number of likely N-dealkylation sites (tertiary alicyclic amines) is 2. The second-order valence-corrected chi connectivity index (χ2v) is 7.18. The molecule has 3 rings (SSSR count). The van der Waals surface area contributed by atoms with Crippen LogP contribution in [0.5, 0.6) is 0 Å². The third-order valence-electron chi connectivity index (χ3n) is 5.33. The fourth-order valence-electron chi connectivity index (χ4n) is 3.93. The molecular weight excluding hydrogens is 290 g/mol. The summed E-state index contributed by atoms with van der Waals surface area (Å²) in [7, 11) is 2.11. The predicted octanol–water partition coefficient (Wildman–Crippen LogP) is 1.36. The zero-order valence-corrected chi connectivity index (χ0v) is 14.6. The highest BCUT2D eigenvalue weighted by Crippen LogP contribution is 2.26. The molecule has 0 saturated carbocycles. The molecule has 0 bridgehead atoms. The van der Waals surface area contributed by atoms with Crippen molar-refractivity contribution in [3.63, 3.8) is 0 Å². The molecule has 1 aromatic rings. The lowest BCUT2D eigenvalue weighted by molar-refractivity contribution is 0.0775. The van der Waals surface area contributed by atoms with Crippen LogP contribution in [0.4, 0.5) is 0 Å². The Bertz CT molecular complexity index is 493. The summed E-state index contributed by atoms with van der Waals surface area (Å²) in [6, 6.07) is 0. The summed E-state index contributed by atoms with van der Waals surface area (Å²) < 4.78 is 2.21. The van der Waals surface area contributed by atoms with Gasteiger partial charge in [0, 0.05) is 32.6 Å². The first kappa shape index (κ1) is 16.9. The second-order valence-electron chi connectivity index (χ2n) is 7.18. The van der Waals surface area contributed by atoms with Gasteiger partial charge in [-0.3, -0.25) is 4.90 Å². The minimum absolute atomic E-state index is 0.118. The Morgan fingerprint density at radius 1 is 1.09 bits per heavy atom. The van der Waals surface area contributed by atoms with Crippen molar-refractivity contribution in [1.82, 2.24) is 24.6 Å². The molecule has 23 heavy (non-hydrogen) atoms. The van der Waals surface area contributed by atoms with Crippen molar-refractivity contribution in [2.24, 2.45) is 7.05 Å². The number of aromatic nitrogens is 3. The molecule has 6 nitrogen and oxygen atoms in total. The van der Waals surface area contributed by atoms with E-state index in [1.54, 1.807) is 0 Å².